The second-order valence-electron chi connectivity index (χ2n) is 7.22. The predicted molar refractivity (Wildman–Crippen MR) is 126 cm³/mol. The Morgan fingerprint density at radius 2 is 1.71 bits per heavy atom. The van der Waals surface area contributed by atoms with Crippen molar-refractivity contribution in [3.05, 3.63) is 78.5 Å². The SMILES string of the molecule is CC(=O)Nc1cccc(NC(=O)c2cc(-c3cc4ccccc4s3)c3[nH]ncc3c2)c1. The molecular formula is C24H18N4O2S. The van der Waals surface area contributed by atoms with Gasteiger partial charge in [0.25, 0.3) is 5.91 Å². The molecular weight excluding hydrogens is 408 g/mol. The number of carbonyl (C=O) groups is 2. The maximum Gasteiger partial charge on any atom is 0.255 e. The van der Waals surface area contributed by atoms with Crippen LogP contribution in [0.15, 0.2) is 72.9 Å². The molecule has 0 aliphatic carbocycles. The molecule has 3 N–H and O–H groups in total. The molecule has 0 saturated heterocycles. The summed E-state index contributed by atoms with van der Waals surface area (Å²) in [5.74, 6) is -0.396. The number of aromatic amines is 1. The van der Waals surface area contributed by atoms with Gasteiger partial charge in [0.2, 0.25) is 5.91 Å². The average molecular weight is 427 g/mol. The first-order chi connectivity index (χ1) is 15.1. The largest absolute Gasteiger partial charge is 0.326 e. The molecule has 5 rings (SSSR count). The van der Waals surface area contributed by atoms with Crippen molar-refractivity contribution in [3.63, 3.8) is 0 Å². The lowest BCUT2D eigenvalue weighted by atomic mass is 10.0. The van der Waals surface area contributed by atoms with Gasteiger partial charge in [-0.15, -0.1) is 11.3 Å². The minimum atomic E-state index is -0.231. The Hall–Kier alpha value is -3.97. The van der Waals surface area contributed by atoms with E-state index in [1.807, 2.05) is 24.3 Å². The third kappa shape index (κ3) is 3.78. The molecule has 0 aliphatic heterocycles. The van der Waals surface area contributed by atoms with Crippen molar-refractivity contribution in [2.75, 3.05) is 10.6 Å². The molecule has 2 aromatic heterocycles. The van der Waals surface area contributed by atoms with E-state index >= 15 is 0 Å². The van der Waals surface area contributed by atoms with Gasteiger partial charge in [0.05, 0.1) is 11.7 Å². The molecule has 7 heteroatoms. The highest BCUT2D eigenvalue weighted by Crippen LogP contribution is 2.37. The molecule has 3 aromatic carbocycles. The average Bonchev–Trinajstić information content (AvgIpc) is 3.39. The van der Waals surface area contributed by atoms with Crippen molar-refractivity contribution in [2.24, 2.45) is 0 Å². The Balaban J connectivity index is 1.52. The zero-order valence-electron chi connectivity index (χ0n) is 16.6. The molecule has 0 atom stereocenters. The summed E-state index contributed by atoms with van der Waals surface area (Å²) in [6.07, 6.45) is 1.72. The summed E-state index contributed by atoms with van der Waals surface area (Å²) in [6, 6.07) is 21.1. The molecule has 0 saturated carbocycles. The van der Waals surface area contributed by atoms with E-state index in [-0.39, 0.29) is 11.8 Å². The summed E-state index contributed by atoms with van der Waals surface area (Å²) in [4.78, 5) is 25.4. The van der Waals surface area contributed by atoms with E-state index in [1.165, 1.54) is 17.0 Å². The highest BCUT2D eigenvalue weighted by molar-refractivity contribution is 7.22. The number of nitrogens with zero attached hydrogens (tertiary/aromatic N) is 1. The van der Waals surface area contributed by atoms with Crippen molar-refractivity contribution >= 4 is 55.5 Å². The van der Waals surface area contributed by atoms with Crippen LogP contribution >= 0.6 is 11.3 Å². The number of carbonyl (C=O) groups excluding carboxylic acids is 2. The van der Waals surface area contributed by atoms with Gasteiger partial charge in [-0.05, 0) is 47.9 Å². The second kappa shape index (κ2) is 7.70. The van der Waals surface area contributed by atoms with Crippen molar-refractivity contribution in [1.82, 2.24) is 10.2 Å². The maximum absolute atomic E-state index is 13.0. The van der Waals surface area contributed by atoms with Crippen LogP contribution in [-0.4, -0.2) is 22.0 Å². The number of hydrogen-bond donors (Lipinski definition) is 3. The predicted octanol–water partition coefficient (Wildman–Crippen LogP) is 5.66. The number of thiophene rings is 1. The normalized spacial score (nSPS) is 11.0. The van der Waals surface area contributed by atoms with E-state index in [0.29, 0.717) is 16.9 Å². The fourth-order valence-corrected chi connectivity index (χ4v) is 4.66. The summed E-state index contributed by atoms with van der Waals surface area (Å²) in [5, 5.41) is 14.9. The summed E-state index contributed by atoms with van der Waals surface area (Å²) in [7, 11) is 0. The number of H-pyrrole nitrogens is 1. The minimum absolute atomic E-state index is 0.165. The smallest absolute Gasteiger partial charge is 0.255 e. The summed E-state index contributed by atoms with van der Waals surface area (Å²) in [6.45, 7) is 1.45. The van der Waals surface area contributed by atoms with E-state index in [2.05, 4.69) is 39.0 Å². The van der Waals surface area contributed by atoms with Crippen LogP contribution in [0.4, 0.5) is 11.4 Å². The van der Waals surface area contributed by atoms with Crippen LogP contribution in [0.25, 0.3) is 31.4 Å². The molecule has 6 nitrogen and oxygen atoms in total. The van der Waals surface area contributed by atoms with Crippen LogP contribution in [0.5, 0.6) is 0 Å². The third-order valence-corrected chi connectivity index (χ3v) is 6.09. The molecule has 31 heavy (non-hydrogen) atoms. The van der Waals surface area contributed by atoms with Gasteiger partial charge in [0.15, 0.2) is 0 Å². The standard InChI is InChI=1S/C24H18N4O2S/c1-14(29)26-18-6-4-7-19(12-18)27-24(30)16-9-17-13-25-28-23(17)20(10-16)22-11-15-5-2-3-8-21(15)31-22/h2-13H,1H3,(H,25,28)(H,26,29)(H,27,30). The van der Waals surface area contributed by atoms with Gasteiger partial charge in [-0.2, -0.15) is 5.10 Å². The van der Waals surface area contributed by atoms with Crippen molar-refractivity contribution in [3.8, 4) is 10.4 Å². The Morgan fingerprint density at radius 1 is 0.903 bits per heavy atom. The number of nitrogens with one attached hydrogen (secondary N) is 3. The number of hydrogen-bond acceptors (Lipinski definition) is 4. The monoisotopic (exact) mass is 426 g/mol. The number of amides is 2. The van der Waals surface area contributed by atoms with E-state index in [9.17, 15) is 9.59 Å². The van der Waals surface area contributed by atoms with Gasteiger partial charge in [0, 0.05) is 44.4 Å². The van der Waals surface area contributed by atoms with Crippen LogP contribution in [0.3, 0.4) is 0 Å². The summed E-state index contributed by atoms with van der Waals surface area (Å²) >= 11 is 1.68. The zero-order chi connectivity index (χ0) is 21.4. The molecule has 0 bridgehead atoms. The molecule has 0 fully saturated rings. The lowest BCUT2D eigenvalue weighted by Crippen LogP contribution is -2.12. The first kappa shape index (κ1) is 19.0. The van der Waals surface area contributed by atoms with E-state index in [0.717, 1.165) is 21.3 Å². The quantitative estimate of drug-likeness (QED) is 0.347. The highest BCUT2D eigenvalue weighted by Gasteiger charge is 2.15. The maximum atomic E-state index is 13.0. The third-order valence-electron chi connectivity index (χ3n) is 4.94. The lowest BCUT2D eigenvalue weighted by Gasteiger charge is -2.09. The Kier molecular flexibility index (Phi) is 4.72. The Labute approximate surface area is 181 Å². The van der Waals surface area contributed by atoms with Crippen LogP contribution in [0, 0.1) is 0 Å². The second-order valence-corrected chi connectivity index (χ2v) is 8.31. The molecule has 0 aliphatic rings. The van der Waals surface area contributed by atoms with Gasteiger partial charge < -0.3 is 10.6 Å². The van der Waals surface area contributed by atoms with E-state index in [1.54, 1.807) is 41.8 Å². The number of fused-ring (bicyclic) bond motifs is 2. The van der Waals surface area contributed by atoms with Gasteiger partial charge in [-0.3, -0.25) is 14.7 Å². The van der Waals surface area contributed by atoms with Crippen LogP contribution < -0.4 is 10.6 Å². The molecule has 0 radical (unpaired) electrons. The first-order valence-corrected chi connectivity index (χ1v) is 10.5. The molecule has 5 aromatic rings. The molecule has 0 unspecified atom stereocenters. The fourth-order valence-electron chi connectivity index (χ4n) is 3.58. The van der Waals surface area contributed by atoms with E-state index in [4.69, 9.17) is 0 Å². The van der Waals surface area contributed by atoms with Gasteiger partial charge >= 0.3 is 0 Å². The molecule has 0 spiro atoms. The van der Waals surface area contributed by atoms with Crippen LogP contribution in [0.1, 0.15) is 17.3 Å². The topological polar surface area (TPSA) is 86.9 Å². The number of anilines is 2. The lowest BCUT2D eigenvalue weighted by molar-refractivity contribution is -0.114. The van der Waals surface area contributed by atoms with Gasteiger partial charge in [-0.1, -0.05) is 24.3 Å². The molecule has 2 heterocycles. The molecule has 2 amide bonds. The number of rotatable bonds is 4. The van der Waals surface area contributed by atoms with E-state index < -0.39 is 0 Å². The van der Waals surface area contributed by atoms with Crippen molar-refractivity contribution < 1.29 is 9.59 Å². The van der Waals surface area contributed by atoms with Crippen LogP contribution in [-0.2, 0) is 4.79 Å². The fraction of sp³-hybridized carbons (Fsp3) is 0.0417. The Bertz CT molecular complexity index is 1420. The number of aromatic nitrogens is 2. The summed E-state index contributed by atoms with van der Waals surface area (Å²) < 4.78 is 1.19. The van der Waals surface area contributed by atoms with Crippen LogP contribution in [0.2, 0.25) is 0 Å². The minimum Gasteiger partial charge on any atom is -0.326 e. The van der Waals surface area contributed by atoms with Crippen molar-refractivity contribution in [2.45, 2.75) is 6.92 Å². The summed E-state index contributed by atoms with van der Waals surface area (Å²) in [5.41, 5.74) is 3.60. The zero-order valence-corrected chi connectivity index (χ0v) is 17.4. The van der Waals surface area contributed by atoms with Gasteiger partial charge in [0.1, 0.15) is 0 Å². The highest BCUT2D eigenvalue weighted by atomic mass is 32.1. The Morgan fingerprint density at radius 3 is 2.52 bits per heavy atom. The first-order valence-electron chi connectivity index (χ1n) is 9.72. The van der Waals surface area contributed by atoms with Gasteiger partial charge in [-0.25, -0.2) is 0 Å². The molecule has 152 valence electrons. The van der Waals surface area contributed by atoms with Crippen molar-refractivity contribution in [1.29, 1.82) is 0 Å². The number of benzene rings is 3.